The van der Waals surface area contributed by atoms with Crippen LogP contribution in [0.25, 0.3) is 0 Å². The Labute approximate surface area is 140 Å². The van der Waals surface area contributed by atoms with E-state index in [-0.39, 0.29) is 17.7 Å². The van der Waals surface area contributed by atoms with Crippen LogP contribution < -0.4 is 10.1 Å². The number of anilines is 1. The minimum Gasteiger partial charge on any atom is -0.479 e. The van der Waals surface area contributed by atoms with E-state index in [1.807, 2.05) is 18.2 Å². The smallest absolute Gasteiger partial charge is 0.262 e. The van der Waals surface area contributed by atoms with E-state index in [9.17, 15) is 9.59 Å². The Bertz CT molecular complexity index is 797. The van der Waals surface area contributed by atoms with Gasteiger partial charge in [-0.1, -0.05) is 6.07 Å². The molecule has 0 atom stereocenters. The first-order chi connectivity index (χ1) is 11.5. The van der Waals surface area contributed by atoms with E-state index in [0.29, 0.717) is 17.8 Å². The number of hydrogen-bond acceptors (Lipinski definition) is 4. The SMILES string of the molecule is COc1nn(C)cc1C(=O)Nc1ccc2c(c1)CN(C(C)=O)CC2. The molecular weight excluding hydrogens is 308 g/mol. The fraction of sp³-hybridized carbons (Fsp3) is 0.353. The molecule has 0 spiro atoms. The molecular formula is C17H20N4O3. The number of carbonyl (C=O) groups excluding carboxylic acids is 2. The third-order valence-electron chi connectivity index (χ3n) is 4.15. The lowest BCUT2D eigenvalue weighted by atomic mass is 9.99. The Kier molecular flexibility index (Phi) is 4.24. The predicted molar refractivity (Wildman–Crippen MR) is 89.0 cm³/mol. The van der Waals surface area contributed by atoms with Gasteiger partial charge in [-0.2, -0.15) is 0 Å². The summed E-state index contributed by atoms with van der Waals surface area (Å²) in [5.41, 5.74) is 3.34. The van der Waals surface area contributed by atoms with Gasteiger partial charge in [-0.05, 0) is 29.7 Å². The molecule has 1 aromatic carbocycles. The third kappa shape index (κ3) is 3.10. The van der Waals surface area contributed by atoms with Crippen LogP contribution in [-0.4, -0.2) is 40.1 Å². The number of ether oxygens (including phenoxy) is 1. The summed E-state index contributed by atoms with van der Waals surface area (Å²) in [4.78, 5) is 25.8. The van der Waals surface area contributed by atoms with E-state index in [4.69, 9.17) is 4.74 Å². The number of hydrogen-bond donors (Lipinski definition) is 1. The number of nitrogens with zero attached hydrogens (tertiary/aromatic N) is 3. The topological polar surface area (TPSA) is 76.5 Å². The van der Waals surface area contributed by atoms with Crippen LogP contribution in [0.3, 0.4) is 0 Å². The largest absolute Gasteiger partial charge is 0.479 e. The molecule has 1 aliphatic rings. The lowest BCUT2D eigenvalue weighted by Gasteiger charge is -2.28. The van der Waals surface area contributed by atoms with Crippen molar-refractivity contribution in [3.05, 3.63) is 41.1 Å². The molecule has 7 heteroatoms. The molecule has 0 saturated carbocycles. The van der Waals surface area contributed by atoms with Gasteiger partial charge in [0.1, 0.15) is 5.56 Å². The number of fused-ring (bicyclic) bond motifs is 1. The highest BCUT2D eigenvalue weighted by atomic mass is 16.5. The Morgan fingerprint density at radius 1 is 1.29 bits per heavy atom. The molecule has 0 saturated heterocycles. The van der Waals surface area contributed by atoms with Crippen LogP contribution >= 0.6 is 0 Å². The summed E-state index contributed by atoms with van der Waals surface area (Å²) >= 11 is 0. The van der Waals surface area contributed by atoms with Gasteiger partial charge in [0.05, 0.1) is 7.11 Å². The summed E-state index contributed by atoms with van der Waals surface area (Å²) in [6, 6.07) is 5.80. The first-order valence-corrected chi connectivity index (χ1v) is 7.74. The van der Waals surface area contributed by atoms with Gasteiger partial charge < -0.3 is 15.0 Å². The molecule has 0 bridgehead atoms. The van der Waals surface area contributed by atoms with Gasteiger partial charge in [0, 0.05) is 38.9 Å². The zero-order valence-electron chi connectivity index (χ0n) is 14.0. The summed E-state index contributed by atoms with van der Waals surface area (Å²) < 4.78 is 6.65. The highest BCUT2D eigenvalue weighted by molar-refractivity contribution is 6.05. The van der Waals surface area contributed by atoms with Gasteiger partial charge in [0.15, 0.2) is 0 Å². The molecule has 0 aliphatic carbocycles. The van der Waals surface area contributed by atoms with Gasteiger partial charge in [0.2, 0.25) is 11.8 Å². The lowest BCUT2D eigenvalue weighted by molar-refractivity contribution is -0.129. The molecule has 2 heterocycles. The first kappa shape index (κ1) is 16.0. The fourth-order valence-electron chi connectivity index (χ4n) is 2.88. The van der Waals surface area contributed by atoms with Crippen molar-refractivity contribution in [2.45, 2.75) is 19.9 Å². The second-order valence-electron chi connectivity index (χ2n) is 5.85. The summed E-state index contributed by atoms with van der Waals surface area (Å²) in [5, 5.41) is 6.95. The van der Waals surface area contributed by atoms with Gasteiger partial charge in [-0.15, -0.1) is 5.10 Å². The Hall–Kier alpha value is -2.83. The van der Waals surface area contributed by atoms with E-state index in [1.54, 1.807) is 25.1 Å². The Morgan fingerprint density at radius 2 is 2.08 bits per heavy atom. The number of aryl methyl sites for hydroxylation is 1. The predicted octanol–water partition coefficient (Wildman–Crippen LogP) is 1.59. The van der Waals surface area contributed by atoms with E-state index in [2.05, 4.69) is 10.4 Å². The van der Waals surface area contributed by atoms with Crippen molar-refractivity contribution >= 4 is 17.5 Å². The molecule has 2 aromatic rings. The van der Waals surface area contributed by atoms with Crippen LogP contribution in [0.4, 0.5) is 5.69 Å². The zero-order chi connectivity index (χ0) is 17.3. The highest BCUT2D eigenvalue weighted by Crippen LogP contribution is 2.24. The maximum absolute atomic E-state index is 12.4. The van der Waals surface area contributed by atoms with Gasteiger partial charge in [-0.3, -0.25) is 14.3 Å². The Morgan fingerprint density at radius 3 is 2.79 bits per heavy atom. The first-order valence-electron chi connectivity index (χ1n) is 7.74. The lowest BCUT2D eigenvalue weighted by Crippen LogP contribution is -2.34. The van der Waals surface area contributed by atoms with Crippen molar-refractivity contribution in [3.63, 3.8) is 0 Å². The van der Waals surface area contributed by atoms with Crippen LogP contribution in [0.5, 0.6) is 5.88 Å². The number of aromatic nitrogens is 2. The van der Waals surface area contributed by atoms with Crippen LogP contribution in [-0.2, 0) is 24.8 Å². The summed E-state index contributed by atoms with van der Waals surface area (Å²) in [6.07, 6.45) is 2.45. The molecule has 7 nitrogen and oxygen atoms in total. The molecule has 1 aliphatic heterocycles. The minimum atomic E-state index is -0.279. The number of carbonyl (C=O) groups is 2. The van der Waals surface area contributed by atoms with Crippen molar-refractivity contribution in [1.82, 2.24) is 14.7 Å². The van der Waals surface area contributed by atoms with Crippen LogP contribution in [0.2, 0.25) is 0 Å². The second kappa shape index (κ2) is 6.35. The van der Waals surface area contributed by atoms with Crippen LogP contribution in [0, 0.1) is 0 Å². The van der Waals surface area contributed by atoms with Crippen molar-refractivity contribution < 1.29 is 14.3 Å². The number of amides is 2. The number of methoxy groups -OCH3 is 1. The average molecular weight is 328 g/mol. The molecule has 24 heavy (non-hydrogen) atoms. The molecule has 3 rings (SSSR count). The standard InChI is InChI=1S/C17H20N4O3/c1-11(22)21-7-6-12-4-5-14(8-13(12)9-21)18-16(23)15-10-20(2)19-17(15)24-3/h4-5,8,10H,6-7,9H2,1-3H3,(H,18,23). The summed E-state index contributed by atoms with van der Waals surface area (Å²) in [6.45, 7) is 2.89. The molecule has 1 aromatic heterocycles. The van der Waals surface area contributed by atoms with Gasteiger partial charge in [0.25, 0.3) is 5.91 Å². The molecule has 2 amide bonds. The summed E-state index contributed by atoms with van der Waals surface area (Å²) in [7, 11) is 3.21. The molecule has 0 radical (unpaired) electrons. The van der Waals surface area contributed by atoms with Crippen molar-refractivity contribution in [2.24, 2.45) is 7.05 Å². The maximum Gasteiger partial charge on any atom is 0.262 e. The van der Waals surface area contributed by atoms with E-state index in [1.165, 1.54) is 17.4 Å². The van der Waals surface area contributed by atoms with Crippen LogP contribution in [0.15, 0.2) is 24.4 Å². The summed E-state index contributed by atoms with van der Waals surface area (Å²) in [5.74, 6) is 0.0741. The molecule has 126 valence electrons. The monoisotopic (exact) mass is 328 g/mol. The van der Waals surface area contributed by atoms with E-state index < -0.39 is 0 Å². The molecule has 1 N–H and O–H groups in total. The molecule has 0 unspecified atom stereocenters. The molecule has 0 fully saturated rings. The van der Waals surface area contributed by atoms with Gasteiger partial charge >= 0.3 is 0 Å². The van der Waals surface area contributed by atoms with Crippen LogP contribution in [0.1, 0.15) is 28.4 Å². The highest BCUT2D eigenvalue weighted by Gasteiger charge is 2.20. The minimum absolute atomic E-state index is 0.0650. The zero-order valence-corrected chi connectivity index (χ0v) is 14.0. The number of rotatable bonds is 3. The number of benzene rings is 1. The van der Waals surface area contributed by atoms with Crippen molar-refractivity contribution in [3.8, 4) is 5.88 Å². The maximum atomic E-state index is 12.4. The quantitative estimate of drug-likeness (QED) is 0.928. The van der Waals surface area contributed by atoms with Gasteiger partial charge in [-0.25, -0.2) is 0 Å². The fourth-order valence-corrected chi connectivity index (χ4v) is 2.88. The number of nitrogens with one attached hydrogen (secondary N) is 1. The van der Waals surface area contributed by atoms with E-state index in [0.717, 1.165) is 18.5 Å². The Balaban J connectivity index is 1.80. The normalized spacial score (nSPS) is 13.4. The van der Waals surface area contributed by atoms with E-state index >= 15 is 0 Å². The second-order valence-corrected chi connectivity index (χ2v) is 5.85. The average Bonchev–Trinajstić information content (AvgIpc) is 2.95. The third-order valence-corrected chi connectivity index (χ3v) is 4.15. The van der Waals surface area contributed by atoms with Crippen molar-refractivity contribution in [1.29, 1.82) is 0 Å². The van der Waals surface area contributed by atoms with Crippen molar-refractivity contribution in [2.75, 3.05) is 19.0 Å².